The Hall–Kier alpha value is -2.43. The number of nitro benzene ring substituents is 2. The maximum atomic E-state index is 12.9. The molecule has 1 atom stereocenters. The first-order chi connectivity index (χ1) is 11.6. The molecule has 0 N–H and O–H groups in total. The number of rotatable bonds is 5. The highest BCUT2D eigenvalue weighted by molar-refractivity contribution is 5.76. The molecular formula is C14H16F3N3O5. The summed E-state index contributed by atoms with van der Waals surface area (Å²) in [4.78, 5) is 21.6. The highest BCUT2D eigenvalue weighted by atomic mass is 19.4. The molecule has 1 unspecified atom stereocenters. The molecule has 1 saturated heterocycles. The summed E-state index contributed by atoms with van der Waals surface area (Å²) < 4.78 is 44.2. The topological polar surface area (TPSA) is 98.8 Å². The fourth-order valence-corrected chi connectivity index (χ4v) is 2.79. The Balaban J connectivity index is 2.49. The molecule has 1 aliphatic rings. The molecule has 0 bridgehead atoms. The molecule has 138 valence electrons. The van der Waals surface area contributed by atoms with E-state index in [1.54, 1.807) is 0 Å². The molecule has 11 heteroatoms. The summed E-state index contributed by atoms with van der Waals surface area (Å²) in [6, 6.07) is 0.640. The number of hydrogen-bond donors (Lipinski definition) is 0. The maximum Gasteiger partial charge on any atom is 0.416 e. The van der Waals surface area contributed by atoms with Gasteiger partial charge < -0.3 is 9.64 Å². The second-order valence-corrected chi connectivity index (χ2v) is 5.74. The summed E-state index contributed by atoms with van der Waals surface area (Å²) in [5, 5.41) is 22.5. The van der Waals surface area contributed by atoms with Crippen LogP contribution in [0.2, 0.25) is 0 Å². The molecule has 0 radical (unpaired) electrons. The van der Waals surface area contributed by atoms with Crippen molar-refractivity contribution in [2.24, 2.45) is 0 Å². The molecule has 0 saturated carbocycles. The maximum absolute atomic E-state index is 12.9. The van der Waals surface area contributed by atoms with Crippen LogP contribution in [0.25, 0.3) is 0 Å². The van der Waals surface area contributed by atoms with Crippen LogP contribution in [0.3, 0.4) is 0 Å². The smallest absolute Gasteiger partial charge is 0.376 e. The van der Waals surface area contributed by atoms with Crippen LogP contribution >= 0.6 is 0 Å². The average molecular weight is 363 g/mol. The van der Waals surface area contributed by atoms with Crippen molar-refractivity contribution in [3.05, 3.63) is 37.9 Å². The molecule has 0 amide bonds. The van der Waals surface area contributed by atoms with Gasteiger partial charge in [-0.2, -0.15) is 13.2 Å². The second kappa shape index (κ2) is 7.21. The van der Waals surface area contributed by atoms with Crippen molar-refractivity contribution in [1.82, 2.24) is 0 Å². The monoisotopic (exact) mass is 363 g/mol. The van der Waals surface area contributed by atoms with Gasteiger partial charge in [-0.25, -0.2) is 0 Å². The Morgan fingerprint density at radius 2 is 1.76 bits per heavy atom. The van der Waals surface area contributed by atoms with E-state index in [0.717, 1.165) is 12.8 Å². The van der Waals surface area contributed by atoms with Crippen LogP contribution < -0.4 is 4.90 Å². The first-order valence-corrected chi connectivity index (χ1v) is 7.48. The molecule has 1 fully saturated rings. The molecule has 8 nitrogen and oxygen atoms in total. The number of anilines is 1. The molecule has 0 aliphatic carbocycles. The molecule has 1 aromatic carbocycles. The normalized spacial score (nSPS) is 18.0. The summed E-state index contributed by atoms with van der Waals surface area (Å²) >= 11 is 0. The highest BCUT2D eigenvalue weighted by Crippen LogP contribution is 2.42. The largest absolute Gasteiger partial charge is 0.416 e. The van der Waals surface area contributed by atoms with Gasteiger partial charge >= 0.3 is 6.18 Å². The van der Waals surface area contributed by atoms with Crippen molar-refractivity contribution in [2.45, 2.75) is 31.5 Å². The second-order valence-electron chi connectivity index (χ2n) is 5.74. The van der Waals surface area contributed by atoms with Crippen LogP contribution in [0.5, 0.6) is 0 Å². The molecule has 25 heavy (non-hydrogen) atoms. The third-order valence-electron chi connectivity index (χ3n) is 3.92. The van der Waals surface area contributed by atoms with Gasteiger partial charge in [0.25, 0.3) is 11.4 Å². The minimum atomic E-state index is -4.93. The van der Waals surface area contributed by atoms with Crippen molar-refractivity contribution in [3.63, 3.8) is 0 Å². The quantitative estimate of drug-likeness (QED) is 0.586. The van der Waals surface area contributed by atoms with Gasteiger partial charge in [0.2, 0.25) is 0 Å². The van der Waals surface area contributed by atoms with Gasteiger partial charge in [0.05, 0.1) is 21.5 Å². The van der Waals surface area contributed by atoms with Crippen molar-refractivity contribution in [3.8, 4) is 0 Å². The Morgan fingerprint density at radius 1 is 1.20 bits per heavy atom. The van der Waals surface area contributed by atoms with Crippen LogP contribution in [0.15, 0.2) is 12.1 Å². The fraction of sp³-hybridized carbons (Fsp3) is 0.571. The lowest BCUT2D eigenvalue weighted by molar-refractivity contribution is -0.393. The molecule has 1 heterocycles. The lowest BCUT2D eigenvalue weighted by Crippen LogP contribution is -2.34. The first-order valence-electron chi connectivity index (χ1n) is 7.48. The molecule has 0 aromatic heterocycles. The Bertz CT molecular complexity index is 639. The predicted molar refractivity (Wildman–Crippen MR) is 81.6 cm³/mol. The molecule has 2 rings (SSSR count). The van der Waals surface area contributed by atoms with E-state index in [1.165, 1.54) is 11.9 Å². The Morgan fingerprint density at radius 3 is 2.16 bits per heavy atom. The number of nitro groups is 2. The van der Waals surface area contributed by atoms with Crippen molar-refractivity contribution >= 4 is 17.1 Å². The number of likely N-dealkylation sites (N-methyl/N-ethyl adjacent to an activating group) is 1. The van der Waals surface area contributed by atoms with Gasteiger partial charge in [0.1, 0.15) is 0 Å². The molecular weight excluding hydrogens is 347 g/mol. The van der Waals surface area contributed by atoms with Crippen LogP contribution in [0.4, 0.5) is 30.2 Å². The van der Waals surface area contributed by atoms with E-state index in [2.05, 4.69) is 0 Å². The third-order valence-corrected chi connectivity index (χ3v) is 3.92. The minimum absolute atomic E-state index is 0.104. The van der Waals surface area contributed by atoms with Gasteiger partial charge in [-0.1, -0.05) is 0 Å². The molecule has 1 aromatic rings. The Labute approximate surface area is 140 Å². The third kappa shape index (κ3) is 4.35. The zero-order valence-corrected chi connectivity index (χ0v) is 13.3. The summed E-state index contributed by atoms with van der Waals surface area (Å²) in [6.07, 6.45) is -2.79. The number of halogens is 3. The number of hydrogen-bond acceptors (Lipinski definition) is 6. The van der Waals surface area contributed by atoms with Gasteiger partial charge in [0.15, 0.2) is 5.69 Å². The van der Waals surface area contributed by atoms with E-state index < -0.39 is 38.6 Å². The zero-order chi connectivity index (χ0) is 18.8. The SMILES string of the molecule is CN(CC1CCCCO1)c1c([N+](=O)[O-])cc(C(F)(F)F)cc1[N+](=O)[O-]. The Kier molecular flexibility index (Phi) is 5.45. The average Bonchev–Trinajstić information content (AvgIpc) is 2.53. The summed E-state index contributed by atoms with van der Waals surface area (Å²) in [5.74, 6) is 0. The summed E-state index contributed by atoms with van der Waals surface area (Å²) in [7, 11) is 1.36. The van der Waals surface area contributed by atoms with Gasteiger partial charge in [-0.3, -0.25) is 20.2 Å². The highest BCUT2D eigenvalue weighted by Gasteiger charge is 2.39. The summed E-state index contributed by atoms with van der Waals surface area (Å²) in [6.45, 7) is 0.614. The van der Waals surface area contributed by atoms with Crippen molar-refractivity contribution in [1.29, 1.82) is 0 Å². The number of ether oxygens (including phenoxy) is 1. The van der Waals surface area contributed by atoms with E-state index in [4.69, 9.17) is 4.74 Å². The number of nitrogens with zero attached hydrogens (tertiary/aromatic N) is 3. The van der Waals surface area contributed by atoms with Crippen molar-refractivity contribution < 1.29 is 27.8 Å². The van der Waals surface area contributed by atoms with Crippen LogP contribution in [0.1, 0.15) is 24.8 Å². The van der Waals surface area contributed by atoms with Gasteiger partial charge in [-0.05, 0) is 19.3 Å². The van der Waals surface area contributed by atoms with E-state index in [1.807, 2.05) is 0 Å². The number of benzene rings is 1. The van der Waals surface area contributed by atoms with E-state index in [-0.39, 0.29) is 12.6 Å². The van der Waals surface area contributed by atoms with Gasteiger partial charge in [-0.15, -0.1) is 0 Å². The van der Waals surface area contributed by atoms with E-state index in [9.17, 15) is 33.4 Å². The van der Waals surface area contributed by atoms with Crippen LogP contribution in [0, 0.1) is 20.2 Å². The summed E-state index contributed by atoms with van der Waals surface area (Å²) in [5.41, 5.74) is -3.81. The van der Waals surface area contributed by atoms with Crippen LogP contribution in [-0.2, 0) is 10.9 Å². The van der Waals surface area contributed by atoms with E-state index >= 15 is 0 Å². The van der Waals surface area contributed by atoms with Crippen LogP contribution in [-0.4, -0.2) is 36.1 Å². The lowest BCUT2D eigenvalue weighted by Gasteiger charge is -2.28. The standard InChI is InChI=1S/C14H16F3N3O5/c1-18(8-10-4-2-3-5-25-10)13-11(19(21)22)6-9(14(15,16)17)7-12(13)20(23)24/h6-7,10H,2-5,8H2,1H3. The predicted octanol–water partition coefficient (Wildman–Crippen LogP) is 3.53. The molecule has 0 spiro atoms. The number of alkyl halides is 3. The zero-order valence-electron chi connectivity index (χ0n) is 13.3. The fourth-order valence-electron chi connectivity index (χ4n) is 2.79. The van der Waals surface area contributed by atoms with Gasteiger partial charge in [0, 0.05) is 32.3 Å². The van der Waals surface area contributed by atoms with Crippen molar-refractivity contribution in [2.75, 3.05) is 25.1 Å². The molecule has 1 aliphatic heterocycles. The first kappa shape index (κ1) is 18.9. The lowest BCUT2D eigenvalue weighted by atomic mass is 10.1. The minimum Gasteiger partial charge on any atom is -0.376 e. The van der Waals surface area contributed by atoms with E-state index in [0.29, 0.717) is 25.2 Å².